The van der Waals surface area contributed by atoms with Crippen molar-refractivity contribution in [1.29, 1.82) is 0 Å². The highest BCUT2D eigenvalue weighted by molar-refractivity contribution is 7.99. The number of imidazole rings is 1. The first kappa shape index (κ1) is 17.8. The van der Waals surface area contributed by atoms with Gasteiger partial charge < -0.3 is 4.90 Å². The van der Waals surface area contributed by atoms with E-state index in [4.69, 9.17) is 0 Å². The largest absolute Gasteiger partial charge is 0.339 e. The van der Waals surface area contributed by atoms with Crippen molar-refractivity contribution in [3.05, 3.63) is 24.3 Å². The third-order valence-electron chi connectivity index (χ3n) is 5.65. The standard InChI is InChI=1S/C19H23F2N3OS/c20-18(21)24-16-10-4-2-8-14(16)22-19(24)26-12-17(25)23-11-5-7-13-6-1-3-9-15(13)23/h2,4,8,10,13,15,18H,1,3,5-7,9,11-12H2. The third kappa shape index (κ3) is 3.33. The number of carbonyl (C=O) groups is 1. The van der Waals surface area contributed by atoms with Crippen LogP contribution in [0.25, 0.3) is 11.0 Å². The zero-order valence-electron chi connectivity index (χ0n) is 14.6. The number of alkyl halides is 2. The van der Waals surface area contributed by atoms with Gasteiger partial charge >= 0.3 is 6.55 Å². The van der Waals surface area contributed by atoms with E-state index in [0.717, 1.165) is 35.7 Å². The monoisotopic (exact) mass is 379 g/mol. The number of rotatable bonds is 4. The summed E-state index contributed by atoms with van der Waals surface area (Å²) in [5.41, 5.74) is 0.941. The van der Waals surface area contributed by atoms with Crippen molar-refractivity contribution < 1.29 is 13.6 Å². The zero-order chi connectivity index (χ0) is 18.1. The summed E-state index contributed by atoms with van der Waals surface area (Å²) in [6, 6.07) is 7.20. The van der Waals surface area contributed by atoms with Crippen LogP contribution in [0, 0.1) is 5.92 Å². The Morgan fingerprint density at radius 3 is 2.81 bits per heavy atom. The van der Waals surface area contributed by atoms with Crippen molar-refractivity contribution in [2.75, 3.05) is 12.3 Å². The number of benzene rings is 1. The van der Waals surface area contributed by atoms with E-state index in [-0.39, 0.29) is 16.8 Å². The number of para-hydroxylation sites is 2. The molecule has 0 spiro atoms. The Kier molecular flexibility index (Phi) is 5.16. The van der Waals surface area contributed by atoms with E-state index in [1.807, 2.05) is 4.90 Å². The molecule has 140 valence electrons. The van der Waals surface area contributed by atoms with Crippen LogP contribution >= 0.6 is 11.8 Å². The SMILES string of the molecule is O=C(CSc1nc2ccccc2n1C(F)F)N1CCCC2CCCCC21. The molecule has 2 aromatic rings. The predicted molar refractivity (Wildman–Crippen MR) is 98.4 cm³/mol. The maximum Gasteiger partial charge on any atom is 0.321 e. The van der Waals surface area contributed by atoms with Gasteiger partial charge in [-0.15, -0.1) is 0 Å². The number of nitrogens with zero attached hydrogens (tertiary/aromatic N) is 3. The second-order valence-corrected chi connectivity index (χ2v) is 8.10. The highest BCUT2D eigenvalue weighted by Gasteiger charge is 2.35. The van der Waals surface area contributed by atoms with Crippen molar-refractivity contribution in [3.63, 3.8) is 0 Å². The normalized spacial score (nSPS) is 23.4. The number of aromatic nitrogens is 2. The number of piperidine rings is 1. The van der Waals surface area contributed by atoms with Crippen LogP contribution in [0.4, 0.5) is 8.78 Å². The molecule has 2 heterocycles. The molecule has 4 nitrogen and oxygen atoms in total. The van der Waals surface area contributed by atoms with Gasteiger partial charge in [-0.2, -0.15) is 8.78 Å². The molecule has 2 atom stereocenters. The molecule has 0 N–H and O–H groups in total. The minimum absolute atomic E-state index is 0.0551. The van der Waals surface area contributed by atoms with Crippen LogP contribution in [0.1, 0.15) is 45.1 Å². The molecule has 1 aromatic carbocycles. The fourth-order valence-electron chi connectivity index (χ4n) is 4.46. The van der Waals surface area contributed by atoms with Crippen LogP contribution in [0.2, 0.25) is 0 Å². The molecule has 1 aliphatic heterocycles. The van der Waals surface area contributed by atoms with Gasteiger partial charge in [-0.25, -0.2) is 4.98 Å². The van der Waals surface area contributed by atoms with Gasteiger partial charge in [-0.3, -0.25) is 9.36 Å². The molecule has 2 unspecified atom stereocenters. The quantitative estimate of drug-likeness (QED) is 0.723. The summed E-state index contributed by atoms with van der Waals surface area (Å²) in [5.74, 6) is 0.843. The number of carbonyl (C=O) groups excluding carboxylic acids is 1. The average molecular weight is 379 g/mol. The first-order chi connectivity index (χ1) is 12.6. The Labute approximate surface area is 155 Å². The summed E-state index contributed by atoms with van der Waals surface area (Å²) in [4.78, 5) is 19.1. The summed E-state index contributed by atoms with van der Waals surface area (Å²) in [6.45, 7) is -1.87. The van der Waals surface area contributed by atoms with Crippen LogP contribution in [0.5, 0.6) is 0 Å². The molecule has 7 heteroatoms. The van der Waals surface area contributed by atoms with Gasteiger partial charge in [-0.05, 0) is 43.7 Å². The van der Waals surface area contributed by atoms with E-state index in [0.29, 0.717) is 23.0 Å². The zero-order valence-corrected chi connectivity index (χ0v) is 15.4. The van der Waals surface area contributed by atoms with Crippen LogP contribution in [0.15, 0.2) is 29.4 Å². The van der Waals surface area contributed by atoms with Gasteiger partial charge in [0.25, 0.3) is 0 Å². The second-order valence-electron chi connectivity index (χ2n) is 7.16. The summed E-state index contributed by atoms with van der Waals surface area (Å²) < 4.78 is 27.9. The molecule has 26 heavy (non-hydrogen) atoms. The number of hydrogen-bond donors (Lipinski definition) is 0. The van der Waals surface area contributed by atoms with E-state index in [2.05, 4.69) is 4.98 Å². The molecule has 4 rings (SSSR count). The van der Waals surface area contributed by atoms with E-state index in [9.17, 15) is 13.6 Å². The second kappa shape index (κ2) is 7.55. The fourth-order valence-corrected chi connectivity index (χ4v) is 5.35. The van der Waals surface area contributed by atoms with E-state index in [1.165, 1.54) is 25.7 Å². The molecule has 1 aromatic heterocycles. The summed E-state index contributed by atoms with van der Waals surface area (Å²) >= 11 is 1.12. The van der Waals surface area contributed by atoms with Crippen molar-refractivity contribution >= 4 is 28.7 Å². The number of amides is 1. The first-order valence-corrected chi connectivity index (χ1v) is 10.3. The Morgan fingerprint density at radius 2 is 1.96 bits per heavy atom. The van der Waals surface area contributed by atoms with Gasteiger partial charge in [0.1, 0.15) is 0 Å². The lowest BCUT2D eigenvalue weighted by Crippen LogP contribution is -2.50. The fraction of sp³-hybridized carbons (Fsp3) is 0.579. The predicted octanol–water partition coefficient (Wildman–Crippen LogP) is 4.70. The van der Waals surface area contributed by atoms with Gasteiger partial charge in [0.15, 0.2) is 5.16 Å². The molecule has 1 saturated heterocycles. The molecule has 0 radical (unpaired) electrons. The Morgan fingerprint density at radius 1 is 1.19 bits per heavy atom. The van der Waals surface area contributed by atoms with Crippen LogP contribution in [-0.4, -0.2) is 38.7 Å². The van der Waals surface area contributed by atoms with E-state index < -0.39 is 6.55 Å². The topological polar surface area (TPSA) is 38.1 Å². The molecule has 1 amide bonds. The van der Waals surface area contributed by atoms with Crippen LogP contribution in [0.3, 0.4) is 0 Å². The van der Waals surface area contributed by atoms with Crippen molar-refractivity contribution in [2.45, 2.75) is 56.3 Å². The third-order valence-corrected chi connectivity index (χ3v) is 6.58. The van der Waals surface area contributed by atoms with E-state index in [1.54, 1.807) is 24.3 Å². The first-order valence-electron chi connectivity index (χ1n) is 9.32. The highest BCUT2D eigenvalue weighted by atomic mass is 32.2. The van der Waals surface area contributed by atoms with Crippen molar-refractivity contribution in [1.82, 2.24) is 14.5 Å². The maximum atomic E-state index is 13.5. The number of thioether (sulfide) groups is 1. The lowest BCUT2D eigenvalue weighted by atomic mass is 9.78. The van der Waals surface area contributed by atoms with Gasteiger partial charge in [-0.1, -0.05) is 36.7 Å². The van der Waals surface area contributed by atoms with Crippen molar-refractivity contribution in [2.24, 2.45) is 5.92 Å². The molecule has 0 bridgehead atoms. The highest BCUT2D eigenvalue weighted by Crippen LogP contribution is 2.36. The summed E-state index contributed by atoms with van der Waals surface area (Å²) in [7, 11) is 0. The number of halogens is 2. The Hall–Kier alpha value is -1.63. The molecule has 1 aliphatic carbocycles. The van der Waals surface area contributed by atoms with Gasteiger partial charge in [0.2, 0.25) is 5.91 Å². The molecule has 2 fully saturated rings. The lowest BCUT2D eigenvalue weighted by molar-refractivity contribution is -0.134. The minimum Gasteiger partial charge on any atom is -0.339 e. The Balaban J connectivity index is 1.49. The minimum atomic E-state index is -2.67. The number of fused-ring (bicyclic) bond motifs is 2. The van der Waals surface area contributed by atoms with Crippen LogP contribution in [-0.2, 0) is 4.79 Å². The molecule has 1 saturated carbocycles. The van der Waals surface area contributed by atoms with Crippen LogP contribution < -0.4 is 0 Å². The molecular weight excluding hydrogens is 356 g/mol. The molecular formula is C19H23F2N3OS. The average Bonchev–Trinajstić information content (AvgIpc) is 3.04. The number of hydrogen-bond acceptors (Lipinski definition) is 3. The Bertz CT molecular complexity index is 792. The maximum absolute atomic E-state index is 13.5. The van der Waals surface area contributed by atoms with E-state index >= 15 is 0 Å². The summed E-state index contributed by atoms with van der Waals surface area (Å²) in [6.07, 6.45) is 6.99. The van der Waals surface area contributed by atoms with Gasteiger partial charge in [0.05, 0.1) is 16.8 Å². The van der Waals surface area contributed by atoms with Crippen molar-refractivity contribution in [3.8, 4) is 0 Å². The smallest absolute Gasteiger partial charge is 0.321 e. The van der Waals surface area contributed by atoms with Gasteiger partial charge in [0, 0.05) is 12.6 Å². The number of likely N-dealkylation sites (tertiary alicyclic amines) is 1. The summed E-state index contributed by atoms with van der Waals surface area (Å²) in [5, 5.41) is 0.215. The molecule has 2 aliphatic rings. The lowest BCUT2D eigenvalue weighted by Gasteiger charge is -2.44.